The highest BCUT2D eigenvalue weighted by atomic mass is 32.2. The number of benzene rings is 1. The van der Waals surface area contributed by atoms with Crippen molar-refractivity contribution in [1.82, 2.24) is 0 Å². The largest absolute Gasteiger partial charge is 0.494 e. The summed E-state index contributed by atoms with van der Waals surface area (Å²) in [6, 6.07) is 4.79. The van der Waals surface area contributed by atoms with E-state index in [0.29, 0.717) is 30.2 Å². The molecule has 0 fully saturated rings. The second kappa shape index (κ2) is 8.08. The van der Waals surface area contributed by atoms with Gasteiger partial charge in [-0.25, -0.2) is 8.42 Å². The second-order valence-corrected chi connectivity index (χ2v) is 5.87. The van der Waals surface area contributed by atoms with E-state index in [2.05, 4.69) is 4.72 Å². The van der Waals surface area contributed by atoms with Crippen LogP contribution in [0.3, 0.4) is 0 Å². The van der Waals surface area contributed by atoms with Gasteiger partial charge in [0.2, 0.25) is 10.0 Å². The summed E-state index contributed by atoms with van der Waals surface area (Å²) in [6.07, 6.45) is 0. The second-order valence-electron chi connectivity index (χ2n) is 4.03. The van der Waals surface area contributed by atoms with Crippen LogP contribution >= 0.6 is 0 Å². The van der Waals surface area contributed by atoms with Crippen LogP contribution in [0.25, 0.3) is 0 Å². The number of hydrogen-bond donors (Lipinski definition) is 2. The Morgan fingerprint density at radius 2 is 2.00 bits per heavy atom. The van der Waals surface area contributed by atoms with Crippen molar-refractivity contribution in [3.8, 4) is 5.75 Å². The van der Waals surface area contributed by atoms with E-state index in [9.17, 15) is 13.5 Å². The molecule has 0 aliphatic heterocycles. The predicted molar refractivity (Wildman–Crippen MR) is 77.4 cm³/mol. The number of hydrogen-bond acceptors (Lipinski definition) is 5. The Morgan fingerprint density at radius 3 is 2.60 bits per heavy atom. The molecule has 114 valence electrons. The minimum Gasteiger partial charge on any atom is -0.494 e. The molecule has 0 saturated heterocycles. The lowest BCUT2D eigenvalue weighted by Crippen LogP contribution is -2.20. The van der Waals surface area contributed by atoms with Crippen molar-refractivity contribution in [2.24, 2.45) is 0 Å². The summed E-state index contributed by atoms with van der Waals surface area (Å²) in [4.78, 5) is 0. The standard InChI is InChI=1S/C13H21NO5S/c1-3-18-7-8-20(16,17)14-12-5-6-13(19-4-2)11(9-12)10-15/h5-6,9,14-15H,3-4,7-8,10H2,1-2H3. The molecule has 1 aromatic rings. The van der Waals surface area contributed by atoms with Gasteiger partial charge in [-0.2, -0.15) is 0 Å². The minimum atomic E-state index is -3.45. The van der Waals surface area contributed by atoms with E-state index < -0.39 is 10.0 Å². The lowest BCUT2D eigenvalue weighted by atomic mass is 10.2. The van der Waals surface area contributed by atoms with Crippen LogP contribution in [0.15, 0.2) is 18.2 Å². The number of anilines is 1. The predicted octanol–water partition coefficient (Wildman–Crippen LogP) is 1.36. The zero-order valence-electron chi connectivity index (χ0n) is 11.8. The molecule has 0 heterocycles. The van der Waals surface area contributed by atoms with Gasteiger partial charge in [-0.1, -0.05) is 0 Å². The first-order chi connectivity index (χ1) is 9.52. The van der Waals surface area contributed by atoms with Crippen molar-refractivity contribution in [1.29, 1.82) is 0 Å². The van der Waals surface area contributed by atoms with Gasteiger partial charge in [0, 0.05) is 17.9 Å². The summed E-state index contributed by atoms with van der Waals surface area (Å²) in [5.41, 5.74) is 0.936. The van der Waals surface area contributed by atoms with E-state index in [4.69, 9.17) is 9.47 Å². The highest BCUT2D eigenvalue weighted by Crippen LogP contribution is 2.23. The Balaban J connectivity index is 2.77. The molecule has 0 radical (unpaired) electrons. The van der Waals surface area contributed by atoms with Crippen LogP contribution in [-0.2, 0) is 21.4 Å². The number of aliphatic hydroxyl groups is 1. The summed E-state index contributed by atoms with van der Waals surface area (Å²) in [5, 5.41) is 9.26. The van der Waals surface area contributed by atoms with Gasteiger partial charge in [-0.05, 0) is 32.0 Å². The van der Waals surface area contributed by atoms with E-state index in [0.717, 1.165) is 0 Å². The molecule has 0 aliphatic rings. The van der Waals surface area contributed by atoms with Gasteiger partial charge in [0.15, 0.2) is 0 Å². The van der Waals surface area contributed by atoms with Crippen LogP contribution in [0.5, 0.6) is 5.75 Å². The summed E-state index contributed by atoms with van der Waals surface area (Å²) >= 11 is 0. The van der Waals surface area contributed by atoms with Gasteiger partial charge < -0.3 is 14.6 Å². The summed E-state index contributed by atoms with van der Waals surface area (Å²) in [7, 11) is -3.45. The van der Waals surface area contributed by atoms with Crippen molar-refractivity contribution in [3.05, 3.63) is 23.8 Å². The maximum absolute atomic E-state index is 11.8. The molecule has 6 nitrogen and oxygen atoms in total. The van der Waals surface area contributed by atoms with Gasteiger partial charge in [-0.3, -0.25) is 4.72 Å². The first-order valence-corrected chi connectivity index (χ1v) is 8.12. The molecule has 1 rings (SSSR count). The van der Waals surface area contributed by atoms with Crippen LogP contribution < -0.4 is 9.46 Å². The van der Waals surface area contributed by atoms with Crippen molar-refractivity contribution >= 4 is 15.7 Å². The smallest absolute Gasteiger partial charge is 0.234 e. The fraction of sp³-hybridized carbons (Fsp3) is 0.538. The van der Waals surface area contributed by atoms with E-state index >= 15 is 0 Å². The Kier molecular flexibility index (Phi) is 6.77. The van der Waals surface area contributed by atoms with Crippen LogP contribution in [0.1, 0.15) is 19.4 Å². The van der Waals surface area contributed by atoms with Crippen LogP contribution in [-0.4, -0.2) is 39.1 Å². The van der Waals surface area contributed by atoms with Crippen molar-refractivity contribution in [2.45, 2.75) is 20.5 Å². The average molecular weight is 303 g/mol. The van der Waals surface area contributed by atoms with Crippen LogP contribution in [0, 0.1) is 0 Å². The third kappa shape index (κ3) is 5.36. The molecule has 2 N–H and O–H groups in total. The summed E-state index contributed by atoms with van der Waals surface area (Å²) in [6.45, 7) is 4.53. The first kappa shape index (κ1) is 16.7. The lowest BCUT2D eigenvalue weighted by molar-refractivity contribution is 0.163. The molecule has 0 unspecified atom stereocenters. The zero-order valence-corrected chi connectivity index (χ0v) is 12.6. The third-order valence-corrected chi connectivity index (χ3v) is 3.76. The maximum Gasteiger partial charge on any atom is 0.234 e. The SMILES string of the molecule is CCOCCS(=O)(=O)Nc1ccc(OCC)c(CO)c1. The minimum absolute atomic E-state index is 0.109. The number of ether oxygens (including phenoxy) is 2. The highest BCUT2D eigenvalue weighted by molar-refractivity contribution is 7.92. The quantitative estimate of drug-likeness (QED) is 0.673. The van der Waals surface area contributed by atoms with E-state index in [1.54, 1.807) is 25.1 Å². The Morgan fingerprint density at radius 1 is 1.25 bits per heavy atom. The molecule has 0 saturated carbocycles. The average Bonchev–Trinajstić information content (AvgIpc) is 2.40. The van der Waals surface area contributed by atoms with Gasteiger partial charge in [0.05, 0.1) is 25.6 Å². The Bertz CT molecular complexity index is 515. The van der Waals surface area contributed by atoms with Gasteiger partial charge in [-0.15, -0.1) is 0 Å². The van der Waals surface area contributed by atoms with Gasteiger partial charge in [0.1, 0.15) is 5.75 Å². The third-order valence-electron chi connectivity index (χ3n) is 2.50. The van der Waals surface area contributed by atoms with E-state index in [1.165, 1.54) is 0 Å². The molecule has 0 bridgehead atoms. The van der Waals surface area contributed by atoms with E-state index in [-0.39, 0.29) is 19.0 Å². The van der Waals surface area contributed by atoms with Crippen molar-refractivity contribution in [2.75, 3.05) is 30.3 Å². The van der Waals surface area contributed by atoms with E-state index in [1.807, 2.05) is 6.92 Å². The molecule has 20 heavy (non-hydrogen) atoms. The fourth-order valence-electron chi connectivity index (χ4n) is 1.61. The number of aliphatic hydroxyl groups excluding tert-OH is 1. The molecule has 0 aromatic heterocycles. The monoisotopic (exact) mass is 303 g/mol. The van der Waals surface area contributed by atoms with Crippen molar-refractivity contribution < 1.29 is 23.0 Å². The summed E-state index contributed by atoms with van der Waals surface area (Å²) in [5.74, 6) is 0.440. The lowest BCUT2D eigenvalue weighted by Gasteiger charge is -2.12. The number of sulfonamides is 1. The molecule has 0 amide bonds. The first-order valence-electron chi connectivity index (χ1n) is 6.47. The highest BCUT2D eigenvalue weighted by Gasteiger charge is 2.12. The van der Waals surface area contributed by atoms with Gasteiger partial charge in [0.25, 0.3) is 0 Å². The van der Waals surface area contributed by atoms with Crippen LogP contribution in [0.2, 0.25) is 0 Å². The normalized spacial score (nSPS) is 11.3. The number of nitrogens with one attached hydrogen (secondary N) is 1. The van der Waals surface area contributed by atoms with Crippen molar-refractivity contribution in [3.63, 3.8) is 0 Å². The molecule has 0 aliphatic carbocycles. The topological polar surface area (TPSA) is 84.9 Å². The molecular weight excluding hydrogens is 282 g/mol. The molecule has 0 spiro atoms. The zero-order chi connectivity index (χ0) is 15.0. The fourth-order valence-corrected chi connectivity index (χ4v) is 2.53. The molecular formula is C13H21NO5S. The molecule has 0 atom stereocenters. The van der Waals surface area contributed by atoms with Gasteiger partial charge >= 0.3 is 0 Å². The van der Waals surface area contributed by atoms with Crippen LogP contribution in [0.4, 0.5) is 5.69 Å². The molecule has 1 aromatic carbocycles. The maximum atomic E-state index is 11.8. The Labute approximate surface area is 119 Å². The number of rotatable bonds is 9. The molecule has 7 heteroatoms. The summed E-state index contributed by atoms with van der Waals surface area (Å²) < 4.78 is 36.4. The Hall–Kier alpha value is -1.31.